The fourth-order valence-electron chi connectivity index (χ4n) is 2.68. The molecule has 0 fully saturated rings. The maximum absolute atomic E-state index is 12.8. The summed E-state index contributed by atoms with van der Waals surface area (Å²) < 4.78 is 39.1. The fourth-order valence-corrected chi connectivity index (χ4v) is 3.08. The van der Waals surface area contributed by atoms with Crippen molar-refractivity contribution in [1.29, 1.82) is 0 Å². The van der Waals surface area contributed by atoms with E-state index in [0.29, 0.717) is 15.6 Å². The van der Waals surface area contributed by atoms with Gasteiger partial charge in [-0.15, -0.1) is 0 Å². The smallest absolute Gasteiger partial charge is 0.383 e. The predicted octanol–water partition coefficient (Wildman–Crippen LogP) is 3.87. The zero-order valence-electron chi connectivity index (χ0n) is 13.4. The van der Waals surface area contributed by atoms with Crippen LogP contribution in [0, 0.1) is 0 Å². The Morgan fingerprint density at radius 3 is 2.58 bits per heavy atom. The van der Waals surface area contributed by atoms with Crippen molar-refractivity contribution < 1.29 is 22.8 Å². The molecule has 0 saturated carbocycles. The third-order valence-corrected chi connectivity index (χ3v) is 4.40. The molecular weight excluding hydrogens is 415 g/mol. The van der Waals surface area contributed by atoms with Crippen LogP contribution < -0.4 is 10.8 Å². The minimum atomic E-state index is -5.15. The number of alkyl halides is 3. The summed E-state index contributed by atoms with van der Waals surface area (Å²) in [6.07, 6.45) is -5.15. The summed E-state index contributed by atoms with van der Waals surface area (Å²) in [5, 5.41) is 0.844. The standard InChI is InChI=1S/C17H13BrF3N3O2/c1-16(10-5-4-6-11(18)9-10)23-14(22)12-7-2-3-8-13(12)24(16)26-15(25)17(19,20)21/h2-9H,1H3,(H2,22,23). The van der Waals surface area contributed by atoms with Crippen LogP contribution >= 0.6 is 15.9 Å². The Hall–Kier alpha value is -2.55. The quantitative estimate of drug-likeness (QED) is 0.789. The van der Waals surface area contributed by atoms with Gasteiger partial charge in [0, 0.05) is 15.6 Å². The highest BCUT2D eigenvalue weighted by molar-refractivity contribution is 9.10. The molecule has 0 radical (unpaired) electrons. The summed E-state index contributed by atoms with van der Waals surface area (Å²) in [5.41, 5.74) is 5.61. The largest absolute Gasteiger partial charge is 0.493 e. The molecule has 26 heavy (non-hydrogen) atoms. The number of hydrogen-bond acceptors (Lipinski definition) is 5. The van der Waals surface area contributed by atoms with Crippen LogP contribution in [0.3, 0.4) is 0 Å². The molecule has 9 heteroatoms. The molecule has 1 aliphatic heterocycles. The SMILES string of the molecule is CC1(c2cccc(Br)c2)N=C(N)c2ccccc2N1OC(=O)C(F)(F)F. The van der Waals surface area contributed by atoms with E-state index in [0.717, 1.165) is 5.06 Å². The minimum absolute atomic E-state index is 0.127. The number of hydrogen-bond donors (Lipinski definition) is 1. The number of para-hydroxylation sites is 1. The molecule has 1 aliphatic rings. The van der Waals surface area contributed by atoms with Crippen molar-refractivity contribution in [3.63, 3.8) is 0 Å². The van der Waals surface area contributed by atoms with E-state index in [1.165, 1.54) is 13.0 Å². The number of halogens is 4. The lowest BCUT2D eigenvalue weighted by Gasteiger charge is -2.41. The van der Waals surface area contributed by atoms with Crippen LogP contribution in [-0.4, -0.2) is 18.0 Å². The average Bonchev–Trinajstić information content (AvgIpc) is 2.57. The summed E-state index contributed by atoms with van der Waals surface area (Å²) in [6.45, 7) is 1.52. The molecule has 1 heterocycles. The van der Waals surface area contributed by atoms with E-state index in [4.69, 9.17) is 10.6 Å². The van der Waals surface area contributed by atoms with Crippen LogP contribution in [0.4, 0.5) is 18.9 Å². The van der Waals surface area contributed by atoms with Crippen LogP contribution in [-0.2, 0) is 15.3 Å². The van der Waals surface area contributed by atoms with Crippen molar-refractivity contribution in [1.82, 2.24) is 0 Å². The van der Waals surface area contributed by atoms with Gasteiger partial charge in [0.15, 0.2) is 5.66 Å². The molecular formula is C17H13BrF3N3O2. The number of anilines is 1. The van der Waals surface area contributed by atoms with Gasteiger partial charge in [0.25, 0.3) is 0 Å². The number of benzene rings is 2. The van der Waals surface area contributed by atoms with Gasteiger partial charge >= 0.3 is 12.1 Å². The third-order valence-electron chi connectivity index (χ3n) is 3.91. The highest BCUT2D eigenvalue weighted by atomic mass is 79.9. The van der Waals surface area contributed by atoms with Crippen molar-refractivity contribution in [3.8, 4) is 0 Å². The molecule has 0 aromatic heterocycles. The number of carbonyl (C=O) groups excluding carboxylic acids is 1. The number of nitrogens with zero attached hydrogens (tertiary/aromatic N) is 2. The molecule has 0 saturated heterocycles. The van der Waals surface area contributed by atoms with Crippen molar-refractivity contribution in [2.75, 3.05) is 5.06 Å². The van der Waals surface area contributed by atoms with Gasteiger partial charge in [0.2, 0.25) is 0 Å². The molecule has 0 aliphatic carbocycles. The second kappa shape index (κ2) is 6.31. The van der Waals surface area contributed by atoms with Crippen LogP contribution in [0.25, 0.3) is 0 Å². The number of hydroxylamine groups is 1. The average molecular weight is 428 g/mol. The van der Waals surface area contributed by atoms with Crippen LogP contribution in [0.15, 0.2) is 58.0 Å². The maximum Gasteiger partial charge on any atom is 0.493 e. The minimum Gasteiger partial charge on any atom is -0.383 e. The molecule has 1 atom stereocenters. The number of nitrogens with two attached hydrogens (primary N) is 1. The number of aliphatic imine (C=N–C) groups is 1. The van der Waals surface area contributed by atoms with E-state index < -0.39 is 17.8 Å². The normalized spacial score (nSPS) is 19.6. The lowest BCUT2D eigenvalue weighted by Crippen LogP contribution is -2.50. The van der Waals surface area contributed by atoms with Crippen molar-refractivity contribution in [3.05, 3.63) is 64.1 Å². The molecule has 2 N–H and O–H groups in total. The zero-order chi connectivity index (χ0) is 19.1. The molecule has 0 amide bonds. The Morgan fingerprint density at radius 1 is 1.23 bits per heavy atom. The highest BCUT2D eigenvalue weighted by Crippen LogP contribution is 2.41. The van der Waals surface area contributed by atoms with Gasteiger partial charge in [0.1, 0.15) is 5.84 Å². The summed E-state index contributed by atoms with van der Waals surface area (Å²) in [5.74, 6) is -2.22. The van der Waals surface area contributed by atoms with Crippen LogP contribution in [0.2, 0.25) is 0 Å². The monoisotopic (exact) mass is 427 g/mol. The van der Waals surface area contributed by atoms with Gasteiger partial charge in [-0.2, -0.15) is 18.2 Å². The van der Waals surface area contributed by atoms with E-state index >= 15 is 0 Å². The summed E-state index contributed by atoms with van der Waals surface area (Å²) >= 11 is 3.32. The second-order valence-corrected chi connectivity index (χ2v) is 6.63. The number of carbonyl (C=O) groups is 1. The lowest BCUT2D eigenvalue weighted by molar-refractivity contribution is -0.203. The fraction of sp³-hybridized carbons (Fsp3) is 0.176. The summed E-state index contributed by atoms with van der Waals surface area (Å²) in [6, 6.07) is 13.1. The van der Waals surface area contributed by atoms with Gasteiger partial charge in [-0.3, -0.25) is 0 Å². The first-order chi connectivity index (χ1) is 12.1. The van der Waals surface area contributed by atoms with Gasteiger partial charge < -0.3 is 10.6 Å². The lowest BCUT2D eigenvalue weighted by atomic mass is 9.97. The molecule has 136 valence electrons. The Labute approximate surface area is 155 Å². The van der Waals surface area contributed by atoms with Crippen LogP contribution in [0.5, 0.6) is 0 Å². The first-order valence-corrected chi connectivity index (χ1v) is 8.22. The molecule has 0 bridgehead atoms. The van der Waals surface area contributed by atoms with E-state index in [9.17, 15) is 18.0 Å². The van der Waals surface area contributed by atoms with Gasteiger partial charge in [-0.1, -0.05) is 40.2 Å². The van der Waals surface area contributed by atoms with Crippen molar-refractivity contribution in [2.45, 2.75) is 18.8 Å². The topological polar surface area (TPSA) is 67.9 Å². The van der Waals surface area contributed by atoms with E-state index in [1.807, 2.05) is 0 Å². The molecule has 5 nitrogen and oxygen atoms in total. The molecule has 3 rings (SSSR count). The van der Waals surface area contributed by atoms with Crippen molar-refractivity contribution >= 4 is 33.4 Å². The predicted molar refractivity (Wildman–Crippen MR) is 93.3 cm³/mol. The Morgan fingerprint density at radius 2 is 1.92 bits per heavy atom. The van der Waals surface area contributed by atoms with Crippen molar-refractivity contribution in [2.24, 2.45) is 10.7 Å². The Kier molecular flexibility index (Phi) is 4.43. The van der Waals surface area contributed by atoms with E-state index in [2.05, 4.69) is 20.9 Å². The molecule has 1 unspecified atom stereocenters. The first-order valence-electron chi connectivity index (χ1n) is 7.43. The first kappa shape index (κ1) is 18.2. The van der Waals surface area contributed by atoms with Gasteiger partial charge in [-0.25, -0.2) is 9.79 Å². The molecule has 0 spiro atoms. The Balaban J connectivity index is 2.18. The summed E-state index contributed by atoms with van der Waals surface area (Å²) in [7, 11) is 0. The second-order valence-electron chi connectivity index (χ2n) is 5.72. The summed E-state index contributed by atoms with van der Waals surface area (Å²) in [4.78, 5) is 20.6. The molecule has 2 aromatic rings. The maximum atomic E-state index is 12.8. The van der Waals surface area contributed by atoms with Gasteiger partial charge in [-0.05, 0) is 31.2 Å². The van der Waals surface area contributed by atoms with Gasteiger partial charge in [0.05, 0.1) is 5.69 Å². The number of rotatable bonds is 2. The molecule has 2 aromatic carbocycles. The third kappa shape index (κ3) is 3.14. The highest BCUT2D eigenvalue weighted by Gasteiger charge is 2.48. The number of amidine groups is 1. The zero-order valence-corrected chi connectivity index (χ0v) is 15.0. The number of fused-ring (bicyclic) bond motifs is 1. The van der Waals surface area contributed by atoms with E-state index in [-0.39, 0.29) is 11.5 Å². The van der Waals surface area contributed by atoms with E-state index in [1.54, 1.807) is 42.5 Å². The van der Waals surface area contributed by atoms with Crippen LogP contribution in [0.1, 0.15) is 18.1 Å². The Bertz CT molecular complexity index is 901.